The van der Waals surface area contributed by atoms with Crippen molar-refractivity contribution in [3.8, 4) is 5.75 Å². The molecule has 1 aromatic rings. The van der Waals surface area contributed by atoms with E-state index in [1.54, 1.807) is 0 Å². The van der Waals surface area contributed by atoms with Crippen LogP contribution in [0.5, 0.6) is 5.75 Å². The second-order valence-corrected chi connectivity index (χ2v) is 5.46. The number of nitro groups is 1. The maximum Gasteiger partial charge on any atom is 0.573 e. The standard InChI is InChI=1S/C6H3ClF3N3O5S/c7-19(16,17)3-1-2(11)4(18-6(8,9)10)5(12-3)13(14)15/h1H,(H2,11,12). The van der Waals surface area contributed by atoms with Crippen LogP contribution in [-0.2, 0) is 9.05 Å². The SMILES string of the molecule is Nc1cc(S(=O)(=O)Cl)nc([N+](=O)[O-])c1OC(F)(F)F. The molecule has 13 heteroatoms. The van der Waals surface area contributed by atoms with Gasteiger partial charge in [-0.15, -0.1) is 13.2 Å². The number of halogens is 4. The second-order valence-electron chi connectivity index (χ2n) is 2.95. The molecule has 8 nitrogen and oxygen atoms in total. The fourth-order valence-corrected chi connectivity index (χ4v) is 1.68. The average molecular weight is 322 g/mol. The maximum atomic E-state index is 12.0. The molecule has 0 aromatic carbocycles. The van der Waals surface area contributed by atoms with Crippen molar-refractivity contribution in [2.75, 3.05) is 5.73 Å². The first-order valence-corrected chi connectivity index (χ1v) is 6.38. The number of pyridine rings is 1. The monoisotopic (exact) mass is 321 g/mol. The molecule has 0 saturated heterocycles. The lowest BCUT2D eigenvalue weighted by Crippen LogP contribution is -2.19. The quantitative estimate of drug-likeness (QED) is 0.506. The van der Waals surface area contributed by atoms with E-state index in [4.69, 9.17) is 16.4 Å². The van der Waals surface area contributed by atoms with Gasteiger partial charge in [0.05, 0.1) is 5.69 Å². The van der Waals surface area contributed by atoms with E-state index >= 15 is 0 Å². The summed E-state index contributed by atoms with van der Waals surface area (Å²) in [5, 5.41) is 9.48. The zero-order valence-electron chi connectivity index (χ0n) is 8.51. The smallest absolute Gasteiger partial charge is 0.395 e. The third-order valence-electron chi connectivity index (χ3n) is 1.60. The molecule has 0 atom stereocenters. The number of ether oxygens (including phenoxy) is 1. The molecule has 0 fully saturated rings. The first-order valence-electron chi connectivity index (χ1n) is 4.07. The fraction of sp³-hybridized carbons (Fsp3) is 0.167. The number of nitrogens with zero attached hydrogens (tertiary/aromatic N) is 2. The van der Waals surface area contributed by atoms with Crippen LogP contribution in [0.1, 0.15) is 0 Å². The summed E-state index contributed by atoms with van der Waals surface area (Å²) in [6.07, 6.45) is -5.26. The summed E-state index contributed by atoms with van der Waals surface area (Å²) in [4.78, 5) is 12.0. The van der Waals surface area contributed by atoms with Crippen LogP contribution in [0, 0.1) is 10.1 Å². The lowest BCUT2D eigenvalue weighted by Gasteiger charge is -2.10. The van der Waals surface area contributed by atoms with Gasteiger partial charge in [-0.1, -0.05) is 0 Å². The van der Waals surface area contributed by atoms with Crippen molar-refractivity contribution in [3.05, 3.63) is 16.2 Å². The zero-order valence-corrected chi connectivity index (χ0v) is 10.1. The van der Waals surface area contributed by atoms with Gasteiger partial charge in [0.1, 0.15) is 0 Å². The number of hydrogen-bond donors (Lipinski definition) is 1. The van der Waals surface area contributed by atoms with Gasteiger partial charge in [-0.05, 0) is 9.91 Å². The van der Waals surface area contributed by atoms with E-state index in [1.165, 1.54) is 0 Å². The minimum atomic E-state index is -5.26. The Morgan fingerprint density at radius 3 is 2.37 bits per heavy atom. The van der Waals surface area contributed by atoms with Crippen molar-refractivity contribution >= 4 is 31.2 Å². The van der Waals surface area contributed by atoms with Gasteiger partial charge < -0.3 is 20.6 Å². The summed E-state index contributed by atoms with van der Waals surface area (Å²) in [6.45, 7) is 0. The first-order chi connectivity index (χ1) is 8.42. The lowest BCUT2D eigenvalue weighted by atomic mass is 10.3. The molecule has 1 heterocycles. The number of rotatable bonds is 3. The summed E-state index contributed by atoms with van der Waals surface area (Å²) in [6, 6.07) is 0.413. The summed E-state index contributed by atoms with van der Waals surface area (Å²) in [5.41, 5.74) is 4.13. The van der Waals surface area contributed by atoms with Gasteiger partial charge in [-0.25, -0.2) is 8.42 Å². The molecule has 2 N–H and O–H groups in total. The Hall–Kier alpha value is -1.82. The molecule has 0 aliphatic carbocycles. The molecule has 0 spiro atoms. The minimum absolute atomic E-state index is 0.413. The topological polar surface area (TPSA) is 125 Å². The van der Waals surface area contributed by atoms with E-state index < -0.39 is 42.6 Å². The summed E-state index contributed by atoms with van der Waals surface area (Å²) < 4.78 is 61.2. The number of hydrogen-bond acceptors (Lipinski definition) is 7. The third kappa shape index (κ3) is 3.82. The summed E-state index contributed by atoms with van der Waals surface area (Å²) in [5.74, 6) is -2.93. The van der Waals surface area contributed by atoms with Gasteiger partial charge in [0.15, 0.2) is 0 Å². The van der Waals surface area contributed by atoms with E-state index in [2.05, 4.69) is 9.72 Å². The Balaban J connectivity index is 3.53. The van der Waals surface area contributed by atoms with Crippen LogP contribution in [-0.4, -0.2) is 24.7 Å². The Labute approximate surface area is 107 Å². The van der Waals surface area contributed by atoms with Crippen LogP contribution in [0.3, 0.4) is 0 Å². The highest BCUT2D eigenvalue weighted by molar-refractivity contribution is 8.13. The molecule has 1 aromatic heterocycles. The lowest BCUT2D eigenvalue weighted by molar-refractivity contribution is -0.393. The van der Waals surface area contributed by atoms with Gasteiger partial charge in [-0.3, -0.25) is 0 Å². The van der Waals surface area contributed by atoms with Crippen molar-refractivity contribution < 1.29 is 31.2 Å². The molecule has 1 rings (SSSR count). The first kappa shape index (κ1) is 15.2. The predicted octanol–water partition coefficient (Wildman–Crippen LogP) is 1.40. The van der Waals surface area contributed by atoms with Crippen molar-refractivity contribution in [2.24, 2.45) is 0 Å². The predicted molar refractivity (Wildman–Crippen MR) is 55.0 cm³/mol. The van der Waals surface area contributed by atoms with Crippen molar-refractivity contribution in [3.63, 3.8) is 0 Å². The molecule has 0 radical (unpaired) electrons. The fourth-order valence-electron chi connectivity index (χ4n) is 0.984. The highest BCUT2D eigenvalue weighted by Gasteiger charge is 2.38. The van der Waals surface area contributed by atoms with Crippen LogP contribution >= 0.6 is 10.7 Å². The number of nitrogen functional groups attached to an aromatic ring is 1. The van der Waals surface area contributed by atoms with E-state index in [-0.39, 0.29) is 0 Å². The molecule has 0 aliphatic rings. The van der Waals surface area contributed by atoms with Crippen LogP contribution < -0.4 is 10.5 Å². The molecule has 0 bridgehead atoms. The van der Waals surface area contributed by atoms with Gasteiger partial charge in [-0.2, -0.15) is 0 Å². The number of nitrogens with two attached hydrogens (primary N) is 1. The van der Waals surface area contributed by atoms with E-state index in [9.17, 15) is 31.7 Å². The van der Waals surface area contributed by atoms with E-state index in [1.807, 2.05) is 0 Å². The van der Waals surface area contributed by atoms with Gasteiger partial charge >= 0.3 is 21.2 Å². The minimum Gasteiger partial charge on any atom is -0.395 e. The zero-order chi connectivity index (χ0) is 15.0. The van der Waals surface area contributed by atoms with E-state index in [0.29, 0.717) is 6.07 Å². The third-order valence-corrected chi connectivity index (χ3v) is 2.78. The normalized spacial score (nSPS) is 12.2. The molecule has 0 unspecified atom stereocenters. The Bertz CT molecular complexity index is 632. The molecule has 19 heavy (non-hydrogen) atoms. The Morgan fingerprint density at radius 1 is 1.47 bits per heavy atom. The van der Waals surface area contributed by atoms with Gasteiger partial charge in [0.25, 0.3) is 5.03 Å². The van der Waals surface area contributed by atoms with Gasteiger partial charge in [0.2, 0.25) is 5.75 Å². The Morgan fingerprint density at radius 2 is 2.00 bits per heavy atom. The van der Waals surface area contributed by atoms with E-state index in [0.717, 1.165) is 0 Å². The molecule has 106 valence electrons. The molecule has 0 saturated carbocycles. The highest BCUT2D eigenvalue weighted by atomic mass is 35.7. The van der Waals surface area contributed by atoms with Crippen molar-refractivity contribution in [1.82, 2.24) is 4.98 Å². The second kappa shape index (κ2) is 4.70. The molecular formula is C6H3ClF3N3O5S. The molecule has 0 amide bonds. The highest BCUT2D eigenvalue weighted by Crippen LogP contribution is 2.37. The number of anilines is 1. The Kier molecular flexibility index (Phi) is 3.77. The average Bonchev–Trinajstić information content (AvgIpc) is 2.16. The molecular weight excluding hydrogens is 319 g/mol. The summed E-state index contributed by atoms with van der Waals surface area (Å²) in [7, 11) is 0.359. The maximum absolute atomic E-state index is 12.0. The van der Waals surface area contributed by atoms with Crippen LogP contribution in [0.2, 0.25) is 0 Å². The largest absolute Gasteiger partial charge is 0.573 e. The summed E-state index contributed by atoms with van der Waals surface area (Å²) >= 11 is 0. The van der Waals surface area contributed by atoms with Gasteiger partial charge in [0, 0.05) is 16.7 Å². The van der Waals surface area contributed by atoms with Crippen LogP contribution in [0.4, 0.5) is 24.7 Å². The molecule has 0 aliphatic heterocycles. The van der Waals surface area contributed by atoms with Crippen LogP contribution in [0.15, 0.2) is 11.1 Å². The van der Waals surface area contributed by atoms with Crippen LogP contribution in [0.25, 0.3) is 0 Å². The van der Waals surface area contributed by atoms with Crippen molar-refractivity contribution in [2.45, 2.75) is 11.4 Å². The number of alkyl halides is 3. The van der Waals surface area contributed by atoms with Crippen molar-refractivity contribution in [1.29, 1.82) is 0 Å². The number of aromatic nitrogens is 1.